The molecule has 6 rings (SSSR count). The first-order chi connectivity index (χ1) is 31.8. The Kier molecular flexibility index (Phi) is 16.9. The number of benzene rings is 4. The normalized spacial score (nSPS) is 15.8. The number of fused-ring (bicyclic) bond motifs is 1. The molecule has 0 spiro atoms. The fraction of sp³-hybridized carbons (Fsp3) is 0.462. The highest BCUT2D eigenvalue weighted by Gasteiger charge is 2.42. The van der Waals surface area contributed by atoms with Gasteiger partial charge in [0, 0.05) is 52.2 Å². The van der Waals surface area contributed by atoms with Crippen LogP contribution in [0.25, 0.3) is 10.9 Å². The number of amides is 1. The zero-order valence-electron chi connectivity index (χ0n) is 40.2. The molecule has 10 nitrogen and oxygen atoms in total. The van der Waals surface area contributed by atoms with Crippen LogP contribution < -0.4 is 15.4 Å². The molecule has 2 heterocycles. The van der Waals surface area contributed by atoms with Crippen molar-refractivity contribution in [2.75, 3.05) is 31.6 Å². The number of rotatable bonds is 18. The van der Waals surface area contributed by atoms with E-state index in [4.69, 9.17) is 47.1 Å². The highest BCUT2D eigenvalue weighted by atomic mass is 35.5. The van der Waals surface area contributed by atoms with Crippen LogP contribution in [0.2, 0.25) is 10.0 Å². The van der Waals surface area contributed by atoms with Gasteiger partial charge in [-0.1, -0.05) is 84.7 Å². The predicted octanol–water partition coefficient (Wildman–Crippen LogP) is 13.1. The van der Waals surface area contributed by atoms with E-state index >= 15 is 0 Å². The number of nitrogens with one attached hydrogen (secondary N) is 2. The van der Waals surface area contributed by atoms with E-state index in [2.05, 4.69) is 16.7 Å². The van der Waals surface area contributed by atoms with Crippen molar-refractivity contribution in [3.8, 4) is 5.88 Å². The summed E-state index contributed by atoms with van der Waals surface area (Å²) in [5, 5.41) is 8.57. The topological polar surface area (TPSA) is 111 Å². The second-order valence-corrected chi connectivity index (χ2v) is 22.1. The minimum atomic E-state index is -4.82. The van der Waals surface area contributed by atoms with E-state index in [1.165, 1.54) is 0 Å². The van der Waals surface area contributed by atoms with Crippen LogP contribution >= 0.6 is 23.2 Å². The number of halogens is 5. The van der Waals surface area contributed by atoms with Gasteiger partial charge in [0.1, 0.15) is 12.2 Å². The van der Waals surface area contributed by atoms with Gasteiger partial charge in [-0.05, 0) is 139 Å². The number of hydrogen-bond donors (Lipinski definition) is 2. The van der Waals surface area contributed by atoms with E-state index in [0.717, 1.165) is 37.5 Å². The van der Waals surface area contributed by atoms with Gasteiger partial charge in [-0.25, -0.2) is 18.3 Å². The molecule has 368 valence electrons. The molecule has 1 saturated heterocycles. The van der Waals surface area contributed by atoms with E-state index in [9.17, 15) is 22.2 Å². The standard InChI is InChI=1S/C52H63Cl2F3N4O6S/c1-10-51(9,33-65-48(2,3)4)60-47(62)64-31-34-11-18-38(19-12-34)50(7,8)66-32-49(5,6)67-45-30-44(58-41-25-27-61(28-26-41)68(63)52(55,56)57)42-29-37(17-24-43(42)59-45)46(35-13-20-39(53)21-14-35)36-15-22-40(54)23-16-36/h11-24,29-30,41,46H,10,25-28,31-33H2,1-9H3,(H,58,59)(H,60,62). The molecule has 68 heavy (non-hydrogen) atoms. The molecule has 2 unspecified atom stereocenters. The van der Waals surface area contributed by atoms with Crippen molar-refractivity contribution < 1.29 is 41.1 Å². The van der Waals surface area contributed by atoms with Crippen LogP contribution in [0.5, 0.6) is 5.88 Å². The van der Waals surface area contributed by atoms with Crippen LogP contribution in [0, 0.1) is 0 Å². The average molecular weight is 1000 g/mol. The van der Waals surface area contributed by atoms with E-state index in [1.807, 2.05) is 153 Å². The summed E-state index contributed by atoms with van der Waals surface area (Å²) in [7, 11) is -3.08. The van der Waals surface area contributed by atoms with Gasteiger partial charge < -0.3 is 29.6 Å². The fourth-order valence-electron chi connectivity index (χ4n) is 7.78. The highest BCUT2D eigenvalue weighted by molar-refractivity contribution is 7.83. The van der Waals surface area contributed by atoms with E-state index < -0.39 is 39.3 Å². The van der Waals surface area contributed by atoms with Gasteiger partial charge in [-0.3, -0.25) is 0 Å². The van der Waals surface area contributed by atoms with Gasteiger partial charge in [-0.15, -0.1) is 0 Å². The molecule has 1 aromatic heterocycles. The van der Waals surface area contributed by atoms with Gasteiger partial charge in [0.05, 0.1) is 35.5 Å². The van der Waals surface area contributed by atoms with Crippen LogP contribution in [0.1, 0.15) is 115 Å². The highest BCUT2D eigenvalue weighted by Crippen LogP contribution is 2.38. The number of alkyl carbamates (subject to hydrolysis) is 1. The molecule has 0 radical (unpaired) electrons. The quantitative estimate of drug-likeness (QED) is 0.0835. The van der Waals surface area contributed by atoms with Crippen LogP contribution in [0.15, 0.2) is 97.1 Å². The maximum Gasteiger partial charge on any atom is 0.485 e. The molecule has 0 bridgehead atoms. The summed E-state index contributed by atoms with van der Waals surface area (Å²) < 4.78 is 77.9. The third kappa shape index (κ3) is 14.6. The molecule has 16 heteroatoms. The van der Waals surface area contributed by atoms with Crippen molar-refractivity contribution in [1.29, 1.82) is 0 Å². The fourth-order valence-corrected chi connectivity index (χ4v) is 8.86. The van der Waals surface area contributed by atoms with Crippen molar-refractivity contribution in [2.24, 2.45) is 0 Å². The van der Waals surface area contributed by atoms with Crippen molar-refractivity contribution in [3.05, 3.63) is 135 Å². The summed E-state index contributed by atoms with van der Waals surface area (Å²) >= 11 is 12.6. The summed E-state index contributed by atoms with van der Waals surface area (Å²) in [5.74, 6) is 0.131. The first-order valence-corrected chi connectivity index (χ1v) is 24.7. The number of anilines is 1. The van der Waals surface area contributed by atoms with Crippen molar-refractivity contribution in [1.82, 2.24) is 14.6 Å². The number of hydrogen-bond acceptors (Lipinski definition) is 8. The Bertz CT molecular complexity index is 2470. The van der Waals surface area contributed by atoms with Crippen LogP contribution in [0.3, 0.4) is 0 Å². The summed E-state index contributed by atoms with van der Waals surface area (Å²) in [6, 6.07) is 30.7. The first-order valence-electron chi connectivity index (χ1n) is 22.8. The third-order valence-electron chi connectivity index (χ3n) is 12.0. The zero-order valence-corrected chi connectivity index (χ0v) is 42.5. The SMILES string of the molecule is CCC(C)(COC(C)(C)C)NC(=O)OCc1ccc(C(C)(C)OCC(C)(C)Oc2cc(NC3CCN(S(=O)C(F)(F)F)CC3)c3cc(C(c4ccc(Cl)cc4)c4ccc(Cl)cc4)ccc3n2)cc1. The minimum absolute atomic E-state index is 0.0111. The number of carbonyl (C=O) groups is 1. The van der Waals surface area contributed by atoms with Gasteiger partial charge >= 0.3 is 11.6 Å². The molecule has 1 amide bonds. The van der Waals surface area contributed by atoms with E-state index in [1.54, 1.807) is 0 Å². The Hall–Kier alpha value is -4.44. The average Bonchev–Trinajstić information content (AvgIpc) is 3.28. The molecule has 4 aromatic carbocycles. The second-order valence-electron chi connectivity index (χ2n) is 19.7. The molecular weight excluding hydrogens is 937 g/mol. The van der Waals surface area contributed by atoms with Crippen molar-refractivity contribution >= 4 is 56.9 Å². The van der Waals surface area contributed by atoms with Gasteiger partial charge in [0.25, 0.3) is 0 Å². The Morgan fingerprint density at radius 1 is 0.794 bits per heavy atom. The van der Waals surface area contributed by atoms with Crippen molar-refractivity contribution in [3.63, 3.8) is 0 Å². The molecule has 1 aliphatic rings. The molecule has 0 aliphatic carbocycles. The van der Waals surface area contributed by atoms with Gasteiger partial charge in [-0.2, -0.15) is 13.2 Å². The van der Waals surface area contributed by atoms with E-state index in [0.29, 0.717) is 53.0 Å². The summed E-state index contributed by atoms with van der Waals surface area (Å²) in [6.07, 6.45) is 0.828. The number of ether oxygens (including phenoxy) is 4. The second kappa shape index (κ2) is 21.7. The van der Waals surface area contributed by atoms with Gasteiger partial charge in [0.15, 0.2) is 0 Å². The Morgan fingerprint density at radius 2 is 1.37 bits per heavy atom. The lowest BCUT2D eigenvalue weighted by molar-refractivity contribution is -0.0859. The molecule has 2 atom stereocenters. The lowest BCUT2D eigenvalue weighted by Crippen LogP contribution is -2.50. The molecule has 1 aliphatic heterocycles. The lowest BCUT2D eigenvalue weighted by atomic mass is 9.84. The van der Waals surface area contributed by atoms with Crippen LogP contribution in [-0.2, 0) is 37.4 Å². The number of alkyl halides is 3. The summed E-state index contributed by atoms with van der Waals surface area (Å²) in [4.78, 5) is 17.7. The lowest BCUT2D eigenvalue weighted by Gasteiger charge is -2.33. The smallest absolute Gasteiger partial charge is 0.469 e. The first kappa shape index (κ1) is 52.9. The number of aromatic nitrogens is 1. The predicted molar refractivity (Wildman–Crippen MR) is 266 cm³/mol. The number of carbonyl (C=O) groups excluding carboxylic acids is 1. The molecule has 2 N–H and O–H groups in total. The molecule has 5 aromatic rings. The maximum absolute atomic E-state index is 13.4. The number of nitrogens with zero attached hydrogens (tertiary/aromatic N) is 2. The van der Waals surface area contributed by atoms with Crippen LogP contribution in [-0.4, -0.2) is 74.2 Å². The van der Waals surface area contributed by atoms with Crippen LogP contribution in [0.4, 0.5) is 23.7 Å². The molecule has 0 saturated carbocycles. The Labute approximate surface area is 411 Å². The number of pyridine rings is 1. The summed E-state index contributed by atoms with van der Waals surface area (Å²) in [6.45, 7) is 18.3. The summed E-state index contributed by atoms with van der Waals surface area (Å²) in [5.41, 5.74) is -1.28. The maximum atomic E-state index is 13.4. The van der Waals surface area contributed by atoms with Crippen molar-refractivity contribution in [2.45, 2.75) is 128 Å². The van der Waals surface area contributed by atoms with Gasteiger partial charge in [0.2, 0.25) is 16.9 Å². The third-order valence-corrected chi connectivity index (χ3v) is 13.7. The number of piperidine rings is 1. The monoisotopic (exact) mass is 998 g/mol. The molecule has 1 fully saturated rings. The van der Waals surface area contributed by atoms with E-state index in [-0.39, 0.29) is 43.9 Å². The zero-order chi connectivity index (χ0) is 49.7. The largest absolute Gasteiger partial charge is 0.485 e. The molecular formula is C52H63Cl2F3N4O6S. The minimum Gasteiger partial charge on any atom is -0.469 e. The Balaban J connectivity index is 1.19. The Morgan fingerprint density at radius 3 is 1.91 bits per heavy atom.